The van der Waals surface area contributed by atoms with E-state index in [-0.39, 0.29) is 11.0 Å². The molecule has 0 atom stereocenters. The first-order chi connectivity index (χ1) is 12.1. The molecule has 1 amide bonds. The van der Waals surface area contributed by atoms with Crippen LogP contribution in [0.1, 0.15) is 17.3 Å². The summed E-state index contributed by atoms with van der Waals surface area (Å²) >= 11 is 8.52. The van der Waals surface area contributed by atoms with Gasteiger partial charge in [0.2, 0.25) is 0 Å². The van der Waals surface area contributed by atoms with E-state index in [1.165, 1.54) is 0 Å². The number of carbonyl (C=O) groups is 1. The number of ether oxygens (including phenoxy) is 2. The van der Waals surface area contributed by atoms with Gasteiger partial charge in [-0.15, -0.1) is 0 Å². The molecule has 0 aliphatic heterocycles. The van der Waals surface area contributed by atoms with Crippen LogP contribution in [0, 0.1) is 0 Å². The molecule has 5 nitrogen and oxygen atoms in total. The molecular weight excluding hydrogens is 404 g/mol. The van der Waals surface area contributed by atoms with Crippen molar-refractivity contribution in [3.63, 3.8) is 0 Å². The molecule has 0 radical (unpaired) electrons. The Balaban J connectivity index is 1.83. The number of carbonyl (C=O) groups excluding carboxylic acids is 1. The maximum atomic E-state index is 12.2. The second-order valence-electron chi connectivity index (χ2n) is 4.98. The molecule has 2 aromatic rings. The van der Waals surface area contributed by atoms with Crippen molar-refractivity contribution in [1.82, 2.24) is 5.32 Å². The summed E-state index contributed by atoms with van der Waals surface area (Å²) in [5.41, 5.74) is 1.30. The zero-order valence-corrected chi connectivity index (χ0v) is 16.2. The lowest BCUT2D eigenvalue weighted by Crippen LogP contribution is -2.34. The van der Waals surface area contributed by atoms with Gasteiger partial charge in [0.05, 0.1) is 6.61 Å². The number of anilines is 1. The van der Waals surface area contributed by atoms with Crippen LogP contribution in [0.25, 0.3) is 0 Å². The molecule has 25 heavy (non-hydrogen) atoms. The minimum Gasteiger partial charge on any atom is -0.491 e. The number of hydrogen-bond acceptors (Lipinski definition) is 4. The van der Waals surface area contributed by atoms with Crippen LogP contribution >= 0.6 is 28.1 Å². The lowest BCUT2D eigenvalue weighted by molar-refractivity contribution is 0.0977. The lowest BCUT2D eigenvalue weighted by atomic mass is 10.2. The standard InChI is InChI=1S/C18H19BrN2O3S/c1-2-23-11-12-24-16-9-3-13(4-10-16)17(22)21-18(25)20-15-7-5-14(19)6-8-15/h3-10H,2,11-12H2,1H3,(H2,20,21,22,25). The Labute approximate surface area is 160 Å². The summed E-state index contributed by atoms with van der Waals surface area (Å²) in [7, 11) is 0. The van der Waals surface area contributed by atoms with Crippen LogP contribution in [-0.2, 0) is 4.74 Å². The molecule has 2 aromatic carbocycles. The van der Waals surface area contributed by atoms with Crippen molar-refractivity contribution in [2.75, 3.05) is 25.1 Å². The molecule has 0 saturated carbocycles. The van der Waals surface area contributed by atoms with Gasteiger partial charge in [-0.3, -0.25) is 10.1 Å². The van der Waals surface area contributed by atoms with E-state index >= 15 is 0 Å². The van der Waals surface area contributed by atoms with Gasteiger partial charge < -0.3 is 14.8 Å². The first-order valence-corrected chi connectivity index (χ1v) is 8.97. The second kappa shape index (κ2) is 10.1. The smallest absolute Gasteiger partial charge is 0.257 e. The number of amides is 1. The average Bonchev–Trinajstić information content (AvgIpc) is 2.61. The molecule has 0 saturated heterocycles. The van der Waals surface area contributed by atoms with Gasteiger partial charge in [-0.2, -0.15) is 0 Å². The Bertz CT molecular complexity index is 705. The third-order valence-corrected chi connectivity index (χ3v) is 3.88. The zero-order valence-electron chi connectivity index (χ0n) is 13.8. The quantitative estimate of drug-likeness (QED) is 0.521. The molecule has 7 heteroatoms. The van der Waals surface area contributed by atoms with Crippen molar-refractivity contribution in [3.8, 4) is 5.75 Å². The summed E-state index contributed by atoms with van der Waals surface area (Å²) in [5.74, 6) is 0.405. The van der Waals surface area contributed by atoms with E-state index in [1.54, 1.807) is 24.3 Å². The number of halogens is 1. The zero-order chi connectivity index (χ0) is 18.1. The molecule has 0 bridgehead atoms. The van der Waals surface area contributed by atoms with Crippen molar-refractivity contribution in [2.45, 2.75) is 6.92 Å². The summed E-state index contributed by atoms with van der Waals surface area (Å²) in [6, 6.07) is 14.3. The van der Waals surface area contributed by atoms with Gasteiger partial charge in [0.1, 0.15) is 12.4 Å². The maximum absolute atomic E-state index is 12.2. The SMILES string of the molecule is CCOCCOc1ccc(C(=O)NC(=S)Nc2ccc(Br)cc2)cc1. The van der Waals surface area contributed by atoms with Crippen molar-refractivity contribution < 1.29 is 14.3 Å². The summed E-state index contributed by atoms with van der Waals surface area (Å²) in [6.07, 6.45) is 0. The van der Waals surface area contributed by atoms with Gasteiger partial charge in [0.15, 0.2) is 5.11 Å². The van der Waals surface area contributed by atoms with E-state index in [2.05, 4.69) is 26.6 Å². The van der Waals surface area contributed by atoms with Gasteiger partial charge in [0, 0.05) is 22.3 Å². The number of nitrogens with one attached hydrogen (secondary N) is 2. The van der Waals surface area contributed by atoms with Crippen LogP contribution in [-0.4, -0.2) is 30.8 Å². The van der Waals surface area contributed by atoms with E-state index in [1.807, 2.05) is 31.2 Å². The first-order valence-electron chi connectivity index (χ1n) is 7.77. The maximum Gasteiger partial charge on any atom is 0.257 e. The molecular formula is C18H19BrN2O3S. The van der Waals surface area contributed by atoms with Gasteiger partial charge in [-0.05, 0) is 67.7 Å². The summed E-state index contributed by atoms with van der Waals surface area (Å²) in [6.45, 7) is 3.61. The summed E-state index contributed by atoms with van der Waals surface area (Å²) < 4.78 is 11.7. The van der Waals surface area contributed by atoms with E-state index in [4.69, 9.17) is 21.7 Å². The van der Waals surface area contributed by atoms with E-state index < -0.39 is 0 Å². The predicted octanol–water partition coefficient (Wildman–Crippen LogP) is 3.99. The highest BCUT2D eigenvalue weighted by Crippen LogP contribution is 2.14. The van der Waals surface area contributed by atoms with Gasteiger partial charge in [-0.25, -0.2) is 0 Å². The minimum atomic E-state index is -0.282. The van der Waals surface area contributed by atoms with Crippen LogP contribution in [0.2, 0.25) is 0 Å². The fraction of sp³-hybridized carbons (Fsp3) is 0.222. The van der Waals surface area contributed by atoms with Crippen LogP contribution in [0.5, 0.6) is 5.75 Å². The highest BCUT2D eigenvalue weighted by atomic mass is 79.9. The van der Waals surface area contributed by atoms with Gasteiger partial charge in [-0.1, -0.05) is 15.9 Å². The molecule has 0 aromatic heterocycles. The normalized spacial score (nSPS) is 10.2. The number of thiocarbonyl (C=S) groups is 1. The molecule has 0 fully saturated rings. The van der Waals surface area contributed by atoms with Crippen LogP contribution in [0.15, 0.2) is 53.0 Å². The average molecular weight is 423 g/mol. The molecule has 0 aliphatic rings. The topological polar surface area (TPSA) is 59.6 Å². The second-order valence-corrected chi connectivity index (χ2v) is 6.31. The molecule has 0 unspecified atom stereocenters. The molecule has 132 valence electrons. The van der Waals surface area contributed by atoms with E-state index in [9.17, 15) is 4.79 Å². The third-order valence-electron chi connectivity index (χ3n) is 3.15. The Morgan fingerprint density at radius 2 is 1.76 bits per heavy atom. The summed E-state index contributed by atoms with van der Waals surface area (Å²) in [5, 5.41) is 5.85. The predicted molar refractivity (Wildman–Crippen MR) is 106 cm³/mol. The fourth-order valence-corrected chi connectivity index (χ4v) is 2.41. The highest BCUT2D eigenvalue weighted by Gasteiger charge is 2.08. The molecule has 0 heterocycles. The van der Waals surface area contributed by atoms with Crippen LogP contribution in [0.4, 0.5) is 5.69 Å². The number of rotatable bonds is 7. The van der Waals surface area contributed by atoms with Crippen LogP contribution < -0.4 is 15.4 Å². The Kier molecular flexibility index (Phi) is 7.84. The first kappa shape index (κ1) is 19.4. The molecule has 2 rings (SSSR count). The van der Waals surface area contributed by atoms with Crippen molar-refractivity contribution in [2.24, 2.45) is 0 Å². The van der Waals surface area contributed by atoms with Crippen molar-refractivity contribution in [1.29, 1.82) is 0 Å². The Morgan fingerprint density at radius 3 is 2.40 bits per heavy atom. The van der Waals surface area contributed by atoms with Crippen LogP contribution in [0.3, 0.4) is 0 Å². The minimum absolute atomic E-state index is 0.240. The number of benzene rings is 2. The fourth-order valence-electron chi connectivity index (χ4n) is 1.94. The van der Waals surface area contributed by atoms with Crippen molar-refractivity contribution >= 4 is 44.9 Å². The van der Waals surface area contributed by atoms with E-state index in [0.29, 0.717) is 31.1 Å². The monoisotopic (exact) mass is 422 g/mol. The third kappa shape index (κ3) is 6.81. The largest absolute Gasteiger partial charge is 0.491 e. The lowest BCUT2D eigenvalue weighted by Gasteiger charge is -2.10. The molecule has 0 spiro atoms. The van der Waals surface area contributed by atoms with Gasteiger partial charge >= 0.3 is 0 Å². The van der Waals surface area contributed by atoms with Crippen molar-refractivity contribution in [3.05, 3.63) is 58.6 Å². The Hall–Kier alpha value is -1.96. The number of hydrogen-bond donors (Lipinski definition) is 2. The highest BCUT2D eigenvalue weighted by molar-refractivity contribution is 9.10. The van der Waals surface area contributed by atoms with E-state index in [0.717, 1.165) is 10.2 Å². The molecule has 2 N–H and O–H groups in total. The summed E-state index contributed by atoms with van der Waals surface area (Å²) in [4.78, 5) is 12.2. The van der Waals surface area contributed by atoms with Gasteiger partial charge in [0.25, 0.3) is 5.91 Å². The Morgan fingerprint density at radius 1 is 1.08 bits per heavy atom. The molecule has 0 aliphatic carbocycles.